The molecule has 1 aliphatic heterocycles. The highest BCUT2D eigenvalue weighted by Gasteiger charge is 2.45. The minimum Gasteiger partial charge on any atom is -0.450 e. The summed E-state index contributed by atoms with van der Waals surface area (Å²) in [6.45, 7) is 0. The van der Waals surface area contributed by atoms with E-state index in [1.54, 1.807) is 36.4 Å². The molecule has 6 nitrogen and oxygen atoms in total. The fourth-order valence-electron chi connectivity index (χ4n) is 4.19. The first-order chi connectivity index (χ1) is 17.5. The molecule has 5 aromatic rings. The molecule has 0 bridgehead atoms. The van der Waals surface area contributed by atoms with Crippen LogP contribution < -0.4 is 10.3 Å². The summed E-state index contributed by atoms with van der Waals surface area (Å²) in [4.78, 5) is 28.5. The molecule has 10 heteroatoms. The number of hydrogen-bond donors (Lipinski definition) is 0. The van der Waals surface area contributed by atoms with Crippen molar-refractivity contribution >= 4 is 56.7 Å². The maximum absolute atomic E-state index is 13.7. The molecule has 1 atom stereocenters. The van der Waals surface area contributed by atoms with Gasteiger partial charge in [0.1, 0.15) is 11.4 Å². The van der Waals surface area contributed by atoms with E-state index < -0.39 is 17.8 Å². The zero-order valence-electron chi connectivity index (χ0n) is 18.4. The van der Waals surface area contributed by atoms with Gasteiger partial charge >= 0.3 is 0 Å². The van der Waals surface area contributed by atoms with Crippen molar-refractivity contribution in [2.24, 2.45) is 0 Å². The summed E-state index contributed by atoms with van der Waals surface area (Å²) in [6.07, 6.45) is 0. The lowest BCUT2D eigenvalue weighted by atomic mass is 9.99. The second kappa shape index (κ2) is 9.16. The normalized spacial score (nSPS) is 15.0. The van der Waals surface area contributed by atoms with E-state index in [2.05, 4.69) is 10.2 Å². The lowest BCUT2D eigenvalue weighted by Crippen LogP contribution is -2.29. The van der Waals surface area contributed by atoms with Gasteiger partial charge in [-0.2, -0.15) is 0 Å². The fourth-order valence-corrected chi connectivity index (χ4v) is 6.34. The van der Waals surface area contributed by atoms with E-state index in [0.717, 1.165) is 5.56 Å². The van der Waals surface area contributed by atoms with Gasteiger partial charge in [-0.1, -0.05) is 77.2 Å². The molecule has 0 spiro atoms. The molecule has 178 valence electrons. The number of carbonyl (C=O) groups is 1. The Kier molecular flexibility index (Phi) is 5.83. The van der Waals surface area contributed by atoms with E-state index in [1.165, 1.54) is 40.1 Å². The van der Waals surface area contributed by atoms with Gasteiger partial charge in [0.2, 0.25) is 10.9 Å². The molecule has 2 aromatic heterocycles. The molecule has 0 fully saturated rings. The van der Waals surface area contributed by atoms with Gasteiger partial charge in [0.15, 0.2) is 9.77 Å². The Morgan fingerprint density at radius 3 is 2.56 bits per heavy atom. The van der Waals surface area contributed by atoms with E-state index in [4.69, 9.17) is 16.0 Å². The molecule has 1 unspecified atom stereocenters. The van der Waals surface area contributed by atoms with Gasteiger partial charge < -0.3 is 4.42 Å². The van der Waals surface area contributed by atoms with Crippen LogP contribution in [0.15, 0.2) is 86.3 Å². The summed E-state index contributed by atoms with van der Waals surface area (Å²) in [5.41, 5.74) is 1.73. The van der Waals surface area contributed by atoms with Gasteiger partial charge in [-0.15, -0.1) is 10.2 Å². The smallest absolute Gasteiger partial charge is 0.297 e. The number of carbonyl (C=O) groups excluding carboxylic acids is 1. The van der Waals surface area contributed by atoms with Gasteiger partial charge in [0.25, 0.3) is 5.91 Å². The first-order valence-electron chi connectivity index (χ1n) is 10.9. The van der Waals surface area contributed by atoms with E-state index in [1.807, 2.05) is 24.3 Å². The van der Waals surface area contributed by atoms with Crippen LogP contribution in [0.25, 0.3) is 11.0 Å². The Labute approximate surface area is 217 Å². The number of anilines is 1. The number of nitrogens with zero attached hydrogens (tertiary/aromatic N) is 3. The predicted octanol–water partition coefficient (Wildman–Crippen LogP) is 6.48. The van der Waals surface area contributed by atoms with E-state index >= 15 is 0 Å². The van der Waals surface area contributed by atoms with Crippen LogP contribution in [0.1, 0.15) is 33.3 Å². The summed E-state index contributed by atoms with van der Waals surface area (Å²) in [7, 11) is 0. The number of rotatable bonds is 5. The van der Waals surface area contributed by atoms with Crippen molar-refractivity contribution in [1.29, 1.82) is 0 Å². The third-order valence-corrected chi connectivity index (χ3v) is 8.35. The number of hydrogen-bond acceptors (Lipinski definition) is 7. The zero-order valence-corrected chi connectivity index (χ0v) is 20.7. The second-order valence-electron chi connectivity index (χ2n) is 8.03. The molecular formula is C26H15ClFN3O3S2. The van der Waals surface area contributed by atoms with Gasteiger partial charge in [-0.05, 0) is 41.5 Å². The van der Waals surface area contributed by atoms with Crippen molar-refractivity contribution in [2.75, 3.05) is 4.90 Å². The third-order valence-electron chi connectivity index (χ3n) is 5.87. The van der Waals surface area contributed by atoms with Crippen LogP contribution in [0, 0.1) is 5.82 Å². The van der Waals surface area contributed by atoms with Crippen LogP contribution in [0.4, 0.5) is 9.52 Å². The molecule has 3 heterocycles. The highest BCUT2D eigenvalue weighted by atomic mass is 35.5. The minimum absolute atomic E-state index is 0.0477. The predicted molar refractivity (Wildman–Crippen MR) is 138 cm³/mol. The molecule has 0 N–H and O–H groups in total. The van der Waals surface area contributed by atoms with Crippen LogP contribution in [-0.4, -0.2) is 16.1 Å². The molecule has 6 rings (SSSR count). The molecule has 1 aliphatic rings. The summed E-state index contributed by atoms with van der Waals surface area (Å²) in [5.74, 6) is -0.390. The molecule has 0 saturated carbocycles. The van der Waals surface area contributed by atoms with Crippen LogP contribution in [-0.2, 0) is 5.75 Å². The van der Waals surface area contributed by atoms with Crippen molar-refractivity contribution in [2.45, 2.75) is 16.1 Å². The maximum atomic E-state index is 13.7. The van der Waals surface area contributed by atoms with E-state index in [-0.39, 0.29) is 16.8 Å². The SMILES string of the molecule is O=C1c2oc3ccccc3c(=O)c2C(c2ccc(F)cc2)N1c1nnc(SCc2ccccc2Cl)s1. The Balaban J connectivity index is 1.43. The maximum Gasteiger partial charge on any atom is 0.297 e. The van der Waals surface area contributed by atoms with Crippen molar-refractivity contribution in [1.82, 2.24) is 10.2 Å². The van der Waals surface area contributed by atoms with Crippen molar-refractivity contribution in [3.8, 4) is 0 Å². The average Bonchev–Trinajstić information content (AvgIpc) is 3.47. The number of fused-ring (bicyclic) bond motifs is 2. The number of amides is 1. The zero-order chi connectivity index (χ0) is 24.8. The molecule has 1 amide bonds. The Morgan fingerprint density at radius 1 is 1.00 bits per heavy atom. The van der Waals surface area contributed by atoms with E-state index in [0.29, 0.717) is 36.8 Å². The Morgan fingerprint density at radius 2 is 1.75 bits per heavy atom. The lowest BCUT2D eigenvalue weighted by Gasteiger charge is -2.22. The summed E-state index contributed by atoms with van der Waals surface area (Å²) in [6, 6.07) is 19.2. The van der Waals surface area contributed by atoms with Crippen molar-refractivity contribution in [3.63, 3.8) is 0 Å². The topological polar surface area (TPSA) is 76.3 Å². The first-order valence-corrected chi connectivity index (χ1v) is 13.0. The van der Waals surface area contributed by atoms with Crippen LogP contribution in [0.5, 0.6) is 0 Å². The summed E-state index contributed by atoms with van der Waals surface area (Å²) < 4.78 is 20.3. The van der Waals surface area contributed by atoms with Crippen LogP contribution in [0.2, 0.25) is 5.02 Å². The van der Waals surface area contributed by atoms with Gasteiger partial charge in [-0.25, -0.2) is 4.39 Å². The Hall–Kier alpha value is -3.53. The van der Waals surface area contributed by atoms with Crippen LogP contribution >= 0.6 is 34.7 Å². The van der Waals surface area contributed by atoms with Crippen molar-refractivity contribution in [3.05, 3.63) is 116 Å². The van der Waals surface area contributed by atoms with Gasteiger partial charge in [-0.3, -0.25) is 14.5 Å². The molecular weight excluding hydrogens is 521 g/mol. The lowest BCUT2D eigenvalue weighted by molar-refractivity contribution is 0.0970. The number of thioether (sulfide) groups is 1. The first kappa shape index (κ1) is 22.9. The molecule has 3 aromatic carbocycles. The molecule has 0 saturated heterocycles. The van der Waals surface area contributed by atoms with Gasteiger partial charge in [0, 0.05) is 10.8 Å². The highest BCUT2D eigenvalue weighted by molar-refractivity contribution is 8.00. The second-order valence-corrected chi connectivity index (χ2v) is 10.6. The molecule has 0 aliphatic carbocycles. The standard InChI is InChI=1S/C26H15ClFN3O3S2/c27-18-7-3-1-5-15(18)13-35-26-30-29-25(36-26)31-21(14-9-11-16(28)12-10-14)20-22(32)17-6-2-4-8-19(17)34-23(20)24(31)33/h1-12,21H,13H2. The highest BCUT2D eigenvalue weighted by Crippen LogP contribution is 2.43. The average molecular weight is 536 g/mol. The minimum atomic E-state index is -0.830. The number of aromatic nitrogens is 2. The quantitative estimate of drug-likeness (QED) is 0.189. The largest absolute Gasteiger partial charge is 0.450 e. The van der Waals surface area contributed by atoms with Gasteiger partial charge in [0.05, 0.1) is 17.0 Å². The molecule has 0 radical (unpaired) electrons. The number of halogens is 2. The summed E-state index contributed by atoms with van der Waals surface area (Å²) in [5, 5.41) is 9.85. The fraction of sp³-hybridized carbons (Fsp3) is 0.0769. The number of para-hydroxylation sites is 1. The van der Waals surface area contributed by atoms with Crippen molar-refractivity contribution < 1.29 is 13.6 Å². The third kappa shape index (κ3) is 3.89. The monoisotopic (exact) mass is 535 g/mol. The van der Waals surface area contributed by atoms with Crippen LogP contribution in [0.3, 0.4) is 0 Å². The summed E-state index contributed by atoms with van der Waals surface area (Å²) >= 11 is 8.93. The number of benzene rings is 3. The molecule has 36 heavy (non-hydrogen) atoms. The van der Waals surface area contributed by atoms with E-state index in [9.17, 15) is 14.0 Å². The Bertz CT molecular complexity index is 1690.